The van der Waals surface area contributed by atoms with E-state index in [1.165, 1.54) is 0 Å². The third-order valence-electron chi connectivity index (χ3n) is 5.62. The van der Waals surface area contributed by atoms with E-state index in [4.69, 9.17) is 5.73 Å². The Morgan fingerprint density at radius 2 is 1.45 bits per heavy atom. The molecule has 3 amide bonds. The van der Waals surface area contributed by atoms with Crippen molar-refractivity contribution in [3.63, 3.8) is 0 Å². The molecule has 0 bridgehead atoms. The molecule has 0 aromatic rings. The Hall–Kier alpha value is -2.20. The standard InChI is InChI=1S/C23H43N5O5/c1-14(2)12-18(21(30)26-17(23(32)33)8-5-6-10-24)28-22(31)19(13-15(3)4)27-20(29)16-9-7-11-25-16/h14-19,25H,5-13,24H2,1-4H3,(H,26,30)(H,27,29)(H,28,31)(H,32,33). The number of amides is 3. The lowest BCUT2D eigenvalue weighted by atomic mass is 9.99. The molecule has 1 aliphatic heterocycles. The third kappa shape index (κ3) is 11.0. The number of nitrogens with two attached hydrogens (primary N) is 1. The fourth-order valence-corrected chi connectivity index (χ4v) is 3.88. The average Bonchev–Trinajstić information content (AvgIpc) is 3.26. The smallest absolute Gasteiger partial charge is 0.326 e. The fraction of sp³-hybridized carbons (Fsp3) is 0.826. The summed E-state index contributed by atoms with van der Waals surface area (Å²) in [6, 6.07) is -3.03. The van der Waals surface area contributed by atoms with E-state index in [1.807, 2.05) is 27.7 Å². The summed E-state index contributed by atoms with van der Waals surface area (Å²) in [7, 11) is 0. The van der Waals surface area contributed by atoms with Gasteiger partial charge in [-0.3, -0.25) is 14.4 Å². The zero-order valence-electron chi connectivity index (χ0n) is 20.5. The van der Waals surface area contributed by atoms with Crippen LogP contribution < -0.4 is 27.0 Å². The van der Waals surface area contributed by atoms with E-state index in [-0.39, 0.29) is 30.2 Å². The van der Waals surface area contributed by atoms with E-state index in [9.17, 15) is 24.3 Å². The monoisotopic (exact) mass is 469 g/mol. The summed E-state index contributed by atoms with van der Waals surface area (Å²) in [6.45, 7) is 8.97. The maximum absolute atomic E-state index is 13.1. The van der Waals surface area contributed by atoms with E-state index in [1.54, 1.807) is 0 Å². The van der Waals surface area contributed by atoms with Gasteiger partial charge >= 0.3 is 5.97 Å². The summed E-state index contributed by atoms with van der Waals surface area (Å²) in [5.41, 5.74) is 5.47. The molecule has 4 atom stereocenters. The Morgan fingerprint density at radius 3 is 1.91 bits per heavy atom. The van der Waals surface area contributed by atoms with Crippen LogP contribution in [0.4, 0.5) is 0 Å². The van der Waals surface area contributed by atoms with Gasteiger partial charge in [0.1, 0.15) is 18.1 Å². The second-order valence-electron chi connectivity index (χ2n) is 9.71. The van der Waals surface area contributed by atoms with Gasteiger partial charge in [0.15, 0.2) is 0 Å². The molecule has 0 radical (unpaired) electrons. The van der Waals surface area contributed by atoms with Crippen LogP contribution in [0, 0.1) is 11.8 Å². The Balaban J connectivity index is 2.88. The molecular weight excluding hydrogens is 426 g/mol. The predicted molar refractivity (Wildman–Crippen MR) is 126 cm³/mol. The fourth-order valence-electron chi connectivity index (χ4n) is 3.88. The second-order valence-corrected chi connectivity index (χ2v) is 9.71. The highest BCUT2D eigenvalue weighted by Gasteiger charge is 2.32. The molecule has 1 rings (SSSR count). The SMILES string of the molecule is CC(C)CC(NC(=O)C(CC(C)C)NC(=O)C1CCCN1)C(=O)NC(CCCCN)C(=O)O. The zero-order valence-corrected chi connectivity index (χ0v) is 20.5. The Kier molecular flexibility index (Phi) is 13.0. The Bertz CT molecular complexity index is 649. The van der Waals surface area contributed by atoms with Gasteiger partial charge in [-0.25, -0.2) is 4.79 Å². The molecule has 10 nitrogen and oxygen atoms in total. The van der Waals surface area contributed by atoms with Crippen LogP contribution in [0.1, 0.15) is 72.6 Å². The number of carboxylic acids is 1. The minimum Gasteiger partial charge on any atom is -0.480 e. The van der Waals surface area contributed by atoms with Crippen LogP contribution >= 0.6 is 0 Å². The number of aliphatic carboxylic acids is 1. The first-order valence-electron chi connectivity index (χ1n) is 12.1. The summed E-state index contributed by atoms with van der Waals surface area (Å²) in [6.07, 6.45) is 3.91. The number of rotatable bonds is 15. The zero-order chi connectivity index (χ0) is 25.0. The number of carboxylic acid groups (broad SMARTS) is 1. The maximum Gasteiger partial charge on any atom is 0.326 e. The Morgan fingerprint density at radius 1 is 0.909 bits per heavy atom. The van der Waals surface area contributed by atoms with E-state index in [2.05, 4.69) is 21.3 Å². The number of unbranched alkanes of at least 4 members (excludes halogenated alkanes) is 1. The number of carbonyl (C=O) groups excluding carboxylic acids is 3. The molecular formula is C23H43N5O5. The number of hydrogen-bond acceptors (Lipinski definition) is 6. The number of carbonyl (C=O) groups is 4. The van der Waals surface area contributed by atoms with Crippen molar-refractivity contribution in [2.24, 2.45) is 17.6 Å². The van der Waals surface area contributed by atoms with Gasteiger partial charge in [-0.1, -0.05) is 27.7 Å². The third-order valence-corrected chi connectivity index (χ3v) is 5.62. The average molecular weight is 470 g/mol. The summed E-state index contributed by atoms with van der Waals surface area (Å²) < 4.78 is 0. The highest BCUT2D eigenvalue weighted by Crippen LogP contribution is 2.11. The molecule has 1 heterocycles. The number of hydrogen-bond donors (Lipinski definition) is 6. The molecule has 190 valence electrons. The van der Waals surface area contributed by atoms with Gasteiger partial charge in [-0.15, -0.1) is 0 Å². The molecule has 33 heavy (non-hydrogen) atoms. The highest BCUT2D eigenvalue weighted by molar-refractivity contribution is 5.94. The first kappa shape index (κ1) is 28.8. The van der Waals surface area contributed by atoms with Gasteiger partial charge in [-0.2, -0.15) is 0 Å². The van der Waals surface area contributed by atoms with Crippen molar-refractivity contribution in [2.45, 2.75) is 96.8 Å². The van der Waals surface area contributed by atoms with Gasteiger partial charge in [0.2, 0.25) is 17.7 Å². The molecule has 0 saturated carbocycles. The molecule has 10 heteroatoms. The van der Waals surface area contributed by atoms with E-state index >= 15 is 0 Å². The predicted octanol–water partition coefficient (Wildman–Crippen LogP) is 0.499. The van der Waals surface area contributed by atoms with Gasteiger partial charge in [0.25, 0.3) is 0 Å². The molecule has 0 spiro atoms. The molecule has 0 aromatic carbocycles. The van der Waals surface area contributed by atoms with Crippen molar-refractivity contribution >= 4 is 23.7 Å². The lowest BCUT2D eigenvalue weighted by molar-refractivity contribution is -0.142. The quantitative estimate of drug-likeness (QED) is 0.190. The largest absolute Gasteiger partial charge is 0.480 e. The number of nitrogens with one attached hydrogen (secondary N) is 4. The first-order chi connectivity index (χ1) is 15.5. The van der Waals surface area contributed by atoms with Crippen molar-refractivity contribution in [1.29, 1.82) is 0 Å². The normalized spacial score (nSPS) is 18.6. The van der Waals surface area contributed by atoms with Crippen molar-refractivity contribution < 1.29 is 24.3 Å². The van der Waals surface area contributed by atoms with Crippen molar-refractivity contribution in [3.8, 4) is 0 Å². The molecule has 1 saturated heterocycles. The summed E-state index contributed by atoms with van der Waals surface area (Å²) >= 11 is 0. The van der Waals surface area contributed by atoms with E-state index in [0.717, 1.165) is 19.4 Å². The Labute approximate surface area is 197 Å². The van der Waals surface area contributed by atoms with Crippen LogP contribution in [0.5, 0.6) is 0 Å². The van der Waals surface area contributed by atoms with E-state index in [0.29, 0.717) is 32.2 Å². The summed E-state index contributed by atoms with van der Waals surface area (Å²) in [5.74, 6) is -2.08. The lowest BCUT2D eigenvalue weighted by Gasteiger charge is -2.27. The minimum absolute atomic E-state index is 0.0856. The van der Waals surface area contributed by atoms with Crippen LogP contribution in [-0.2, 0) is 19.2 Å². The minimum atomic E-state index is -1.12. The molecule has 7 N–H and O–H groups in total. The first-order valence-corrected chi connectivity index (χ1v) is 12.1. The highest BCUT2D eigenvalue weighted by atomic mass is 16.4. The van der Waals surface area contributed by atoms with Crippen LogP contribution in [0.3, 0.4) is 0 Å². The molecule has 1 fully saturated rings. The van der Waals surface area contributed by atoms with Gasteiger partial charge < -0.3 is 32.1 Å². The summed E-state index contributed by atoms with van der Waals surface area (Å²) in [4.78, 5) is 50.2. The van der Waals surface area contributed by atoms with Crippen molar-refractivity contribution in [3.05, 3.63) is 0 Å². The molecule has 0 aliphatic carbocycles. The van der Waals surface area contributed by atoms with Gasteiger partial charge in [0, 0.05) is 0 Å². The molecule has 4 unspecified atom stereocenters. The molecule has 0 aromatic heterocycles. The van der Waals surface area contributed by atoms with Gasteiger partial charge in [0.05, 0.1) is 6.04 Å². The topological polar surface area (TPSA) is 163 Å². The van der Waals surface area contributed by atoms with Crippen LogP contribution in [0.15, 0.2) is 0 Å². The van der Waals surface area contributed by atoms with E-state index < -0.39 is 35.9 Å². The van der Waals surface area contributed by atoms with Crippen molar-refractivity contribution in [2.75, 3.05) is 13.1 Å². The second kappa shape index (κ2) is 14.8. The molecule has 1 aliphatic rings. The van der Waals surface area contributed by atoms with Crippen molar-refractivity contribution in [1.82, 2.24) is 21.3 Å². The summed E-state index contributed by atoms with van der Waals surface area (Å²) in [5, 5.41) is 20.7. The maximum atomic E-state index is 13.1. The van der Waals surface area contributed by atoms with Crippen LogP contribution in [-0.4, -0.2) is 66.1 Å². The lowest BCUT2D eigenvalue weighted by Crippen LogP contribution is -2.57. The van der Waals surface area contributed by atoms with Crippen LogP contribution in [0.25, 0.3) is 0 Å². The van der Waals surface area contributed by atoms with Crippen LogP contribution in [0.2, 0.25) is 0 Å². The van der Waals surface area contributed by atoms with Gasteiger partial charge in [-0.05, 0) is 69.9 Å².